The van der Waals surface area contributed by atoms with E-state index in [0.29, 0.717) is 19.1 Å². The molecule has 0 spiro atoms. The standard InChI is InChI=1S/C14H22N2O4/c1-11(2)10-19-7-4-6-15-13(17)9-16-14(18)12-5-3-8-20-12/h3,5,8,11H,4,6-7,9-10H2,1-2H3,(H,15,17)(H,16,18). The Morgan fingerprint density at radius 2 is 2.15 bits per heavy atom. The molecule has 6 nitrogen and oxygen atoms in total. The number of nitrogens with one attached hydrogen (secondary N) is 2. The number of carbonyl (C=O) groups is 2. The maximum absolute atomic E-state index is 11.5. The number of carbonyl (C=O) groups excluding carboxylic acids is 2. The van der Waals surface area contributed by atoms with E-state index < -0.39 is 5.91 Å². The van der Waals surface area contributed by atoms with Gasteiger partial charge in [0.2, 0.25) is 5.91 Å². The number of hydrogen-bond donors (Lipinski definition) is 2. The predicted molar refractivity (Wildman–Crippen MR) is 74.3 cm³/mol. The van der Waals surface area contributed by atoms with Crippen LogP contribution in [-0.2, 0) is 9.53 Å². The average molecular weight is 282 g/mol. The van der Waals surface area contributed by atoms with Gasteiger partial charge in [0.25, 0.3) is 5.91 Å². The molecule has 20 heavy (non-hydrogen) atoms. The smallest absolute Gasteiger partial charge is 0.287 e. The van der Waals surface area contributed by atoms with E-state index in [-0.39, 0.29) is 18.2 Å². The number of ether oxygens (including phenoxy) is 1. The van der Waals surface area contributed by atoms with E-state index in [1.165, 1.54) is 6.26 Å². The summed E-state index contributed by atoms with van der Waals surface area (Å²) in [5.41, 5.74) is 0. The van der Waals surface area contributed by atoms with Crippen molar-refractivity contribution in [2.45, 2.75) is 20.3 Å². The van der Waals surface area contributed by atoms with Crippen molar-refractivity contribution in [1.82, 2.24) is 10.6 Å². The highest BCUT2D eigenvalue weighted by atomic mass is 16.5. The molecule has 2 N–H and O–H groups in total. The van der Waals surface area contributed by atoms with Crippen LogP contribution in [0.3, 0.4) is 0 Å². The maximum atomic E-state index is 11.5. The molecule has 0 saturated carbocycles. The minimum atomic E-state index is -0.398. The predicted octanol–water partition coefficient (Wildman–Crippen LogP) is 1.19. The molecule has 0 aliphatic carbocycles. The molecule has 0 atom stereocenters. The Morgan fingerprint density at radius 1 is 1.35 bits per heavy atom. The lowest BCUT2D eigenvalue weighted by Crippen LogP contribution is -2.37. The Balaban J connectivity index is 2.02. The SMILES string of the molecule is CC(C)COCCCNC(=O)CNC(=O)c1ccco1. The first-order valence-electron chi connectivity index (χ1n) is 6.75. The van der Waals surface area contributed by atoms with Gasteiger partial charge in [-0.3, -0.25) is 9.59 Å². The van der Waals surface area contributed by atoms with Crippen molar-refractivity contribution < 1.29 is 18.7 Å². The Hall–Kier alpha value is -1.82. The molecule has 6 heteroatoms. The quantitative estimate of drug-likeness (QED) is 0.667. The van der Waals surface area contributed by atoms with E-state index in [2.05, 4.69) is 24.5 Å². The monoisotopic (exact) mass is 282 g/mol. The van der Waals surface area contributed by atoms with Crippen LogP contribution in [0.25, 0.3) is 0 Å². The van der Waals surface area contributed by atoms with Crippen LogP contribution in [0.1, 0.15) is 30.8 Å². The summed E-state index contributed by atoms with van der Waals surface area (Å²) in [6.45, 7) is 6.00. The van der Waals surface area contributed by atoms with Gasteiger partial charge in [0, 0.05) is 19.8 Å². The van der Waals surface area contributed by atoms with E-state index in [1.54, 1.807) is 12.1 Å². The van der Waals surface area contributed by atoms with E-state index >= 15 is 0 Å². The summed E-state index contributed by atoms with van der Waals surface area (Å²) >= 11 is 0. The minimum Gasteiger partial charge on any atom is -0.459 e. The lowest BCUT2D eigenvalue weighted by atomic mass is 10.2. The van der Waals surface area contributed by atoms with Crippen LogP contribution in [-0.4, -0.2) is 38.1 Å². The van der Waals surface area contributed by atoms with Crippen molar-refractivity contribution in [2.75, 3.05) is 26.3 Å². The van der Waals surface area contributed by atoms with Crippen molar-refractivity contribution in [2.24, 2.45) is 5.92 Å². The van der Waals surface area contributed by atoms with Crippen molar-refractivity contribution >= 4 is 11.8 Å². The molecule has 0 aliphatic rings. The van der Waals surface area contributed by atoms with Gasteiger partial charge in [0.1, 0.15) is 0 Å². The highest BCUT2D eigenvalue weighted by molar-refractivity contribution is 5.94. The molecule has 112 valence electrons. The molecule has 0 fully saturated rings. The van der Waals surface area contributed by atoms with Gasteiger partial charge in [-0.2, -0.15) is 0 Å². The Kier molecular flexibility index (Phi) is 7.42. The average Bonchev–Trinajstić information content (AvgIpc) is 2.93. The fraction of sp³-hybridized carbons (Fsp3) is 0.571. The van der Waals surface area contributed by atoms with Gasteiger partial charge in [-0.25, -0.2) is 0 Å². The van der Waals surface area contributed by atoms with Crippen molar-refractivity contribution in [3.8, 4) is 0 Å². The highest BCUT2D eigenvalue weighted by Crippen LogP contribution is 1.98. The van der Waals surface area contributed by atoms with Gasteiger partial charge in [-0.1, -0.05) is 13.8 Å². The second-order valence-electron chi connectivity index (χ2n) is 4.83. The molecular formula is C14H22N2O4. The highest BCUT2D eigenvalue weighted by Gasteiger charge is 2.09. The zero-order valence-corrected chi connectivity index (χ0v) is 12.0. The molecule has 0 unspecified atom stereocenters. The molecule has 2 amide bonds. The van der Waals surface area contributed by atoms with Crippen molar-refractivity contribution in [3.63, 3.8) is 0 Å². The molecule has 1 aromatic heterocycles. The van der Waals surface area contributed by atoms with E-state index in [1.807, 2.05) is 0 Å². The molecule has 1 rings (SSSR count). The Bertz CT molecular complexity index is 401. The van der Waals surface area contributed by atoms with Gasteiger partial charge >= 0.3 is 0 Å². The molecule has 0 aliphatic heterocycles. The summed E-state index contributed by atoms with van der Waals surface area (Å²) in [7, 11) is 0. The number of furan rings is 1. The van der Waals surface area contributed by atoms with Crippen molar-refractivity contribution in [3.05, 3.63) is 24.2 Å². The third-order valence-corrected chi connectivity index (χ3v) is 2.39. The molecular weight excluding hydrogens is 260 g/mol. The lowest BCUT2D eigenvalue weighted by Gasteiger charge is -2.08. The van der Waals surface area contributed by atoms with Crippen LogP contribution in [0.4, 0.5) is 0 Å². The molecule has 0 bridgehead atoms. The fourth-order valence-corrected chi connectivity index (χ4v) is 1.44. The van der Waals surface area contributed by atoms with E-state index in [0.717, 1.165) is 13.0 Å². The second-order valence-corrected chi connectivity index (χ2v) is 4.83. The summed E-state index contributed by atoms with van der Waals surface area (Å²) in [4.78, 5) is 22.9. The second kappa shape index (κ2) is 9.14. The number of rotatable bonds is 9. The summed E-state index contributed by atoms with van der Waals surface area (Å²) in [6.07, 6.45) is 2.16. The topological polar surface area (TPSA) is 80.6 Å². The van der Waals surface area contributed by atoms with E-state index in [9.17, 15) is 9.59 Å². The van der Waals surface area contributed by atoms with Crippen LogP contribution in [0.2, 0.25) is 0 Å². The van der Waals surface area contributed by atoms with Gasteiger partial charge in [0.15, 0.2) is 5.76 Å². The molecule has 0 aromatic carbocycles. The van der Waals surface area contributed by atoms with Crippen LogP contribution in [0, 0.1) is 5.92 Å². The van der Waals surface area contributed by atoms with Crippen LogP contribution in [0.5, 0.6) is 0 Å². The third-order valence-electron chi connectivity index (χ3n) is 2.39. The van der Waals surface area contributed by atoms with Gasteiger partial charge < -0.3 is 19.8 Å². The summed E-state index contributed by atoms with van der Waals surface area (Å²) in [5.74, 6) is 0.0838. The van der Waals surface area contributed by atoms with Crippen LogP contribution < -0.4 is 10.6 Å². The minimum absolute atomic E-state index is 0.0631. The normalized spacial score (nSPS) is 10.6. The molecule has 1 heterocycles. The molecule has 1 aromatic rings. The fourth-order valence-electron chi connectivity index (χ4n) is 1.44. The zero-order chi connectivity index (χ0) is 14.8. The van der Waals surface area contributed by atoms with Gasteiger partial charge in [0.05, 0.1) is 12.8 Å². The first-order chi connectivity index (χ1) is 9.59. The van der Waals surface area contributed by atoms with E-state index in [4.69, 9.17) is 9.15 Å². The van der Waals surface area contributed by atoms with Crippen molar-refractivity contribution in [1.29, 1.82) is 0 Å². The van der Waals surface area contributed by atoms with Gasteiger partial charge in [-0.15, -0.1) is 0 Å². The lowest BCUT2D eigenvalue weighted by molar-refractivity contribution is -0.120. The zero-order valence-electron chi connectivity index (χ0n) is 12.0. The molecule has 0 saturated heterocycles. The summed E-state index contributed by atoms with van der Waals surface area (Å²) < 4.78 is 10.3. The summed E-state index contributed by atoms with van der Waals surface area (Å²) in [5, 5.41) is 5.18. The first-order valence-corrected chi connectivity index (χ1v) is 6.75. The Morgan fingerprint density at radius 3 is 2.80 bits per heavy atom. The number of amides is 2. The summed E-state index contributed by atoms with van der Waals surface area (Å²) in [6, 6.07) is 3.16. The Labute approximate surface area is 118 Å². The molecule has 0 radical (unpaired) electrons. The van der Waals surface area contributed by atoms with Gasteiger partial charge in [-0.05, 0) is 24.5 Å². The van der Waals surface area contributed by atoms with Crippen LogP contribution >= 0.6 is 0 Å². The maximum Gasteiger partial charge on any atom is 0.287 e. The first kappa shape index (κ1) is 16.2. The third kappa shape index (κ3) is 6.94. The number of hydrogen-bond acceptors (Lipinski definition) is 4. The van der Waals surface area contributed by atoms with Crippen LogP contribution in [0.15, 0.2) is 22.8 Å². The largest absolute Gasteiger partial charge is 0.459 e.